The fourth-order valence-corrected chi connectivity index (χ4v) is 2.58. The summed E-state index contributed by atoms with van der Waals surface area (Å²) < 4.78 is 15.9. The molecule has 0 bridgehead atoms. The van der Waals surface area contributed by atoms with Gasteiger partial charge in [-0.15, -0.1) is 0 Å². The molecule has 0 fully saturated rings. The summed E-state index contributed by atoms with van der Waals surface area (Å²) in [5.74, 6) is 1.35. The topological polar surface area (TPSA) is 110 Å². The Bertz CT molecular complexity index is 891. The summed E-state index contributed by atoms with van der Waals surface area (Å²) in [5, 5.41) is 14.4. The van der Waals surface area contributed by atoms with E-state index in [1.54, 1.807) is 49.6 Å². The first-order valence-electron chi connectivity index (χ1n) is 9.47. The molecule has 0 aliphatic carbocycles. The Labute approximate surface area is 175 Å². The second-order valence-corrected chi connectivity index (χ2v) is 6.26. The molecule has 0 saturated heterocycles. The Morgan fingerprint density at radius 2 is 1.70 bits per heavy atom. The summed E-state index contributed by atoms with van der Waals surface area (Å²) in [4.78, 5) is 23.9. The molecular formula is C22H25N3O5. The molecule has 2 amide bonds. The van der Waals surface area contributed by atoms with E-state index in [9.17, 15) is 9.59 Å². The summed E-state index contributed by atoms with van der Waals surface area (Å²) in [6.07, 6.45) is 0.818. The van der Waals surface area contributed by atoms with Gasteiger partial charge in [-0.2, -0.15) is 5.26 Å². The summed E-state index contributed by atoms with van der Waals surface area (Å²) in [7, 11) is 3.07. The smallest absolute Gasteiger partial charge is 0.251 e. The number of nitriles is 1. The summed E-state index contributed by atoms with van der Waals surface area (Å²) in [5.41, 5.74) is 1.01. The highest BCUT2D eigenvalue weighted by Crippen LogP contribution is 2.27. The number of carbonyl (C=O) groups excluding carboxylic acids is 2. The zero-order chi connectivity index (χ0) is 21.8. The molecule has 2 N–H and O–H groups in total. The molecule has 0 aliphatic heterocycles. The highest BCUT2D eigenvalue weighted by Gasteiger charge is 2.08. The molecule has 30 heavy (non-hydrogen) atoms. The van der Waals surface area contributed by atoms with Gasteiger partial charge in [-0.25, -0.2) is 0 Å². The first-order chi connectivity index (χ1) is 14.6. The number of rotatable bonds is 11. The highest BCUT2D eigenvalue weighted by molar-refractivity contribution is 5.94. The largest absolute Gasteiger partial charge is 0.497 e. The van der Waals surface area contributed by atoms with E-state index in [1.807, 2.05) is 6.07 Å². The van der Waals surface area contributed by atoms with Gasteiger partial charge in [-0.1, -0.05) is 0 Å². The van der Waals surface area contributed by atoms with Crippen LogP contribution >= 0.6 is 0 Å². The lowest BCUT2D eigenvalue weighted by Gasteiger charge is -2.11. The Morgan fingerprint density at radius 1 is 0.967 bits per heavy atom. The lowest BCUT2D eigenvalue weighted by molar-refractivity contribution is -0.121. The molecule has 0 radical (unpaired) electrons. The summed E-state index contributed by atoms with van der Waals surface area (Å²) in [6, 6.07) is 13.7. The SMILES string of the molecule is COc1ccc(C(=O)NCCNC(=O)CCCOc2ccc(C#N)cc2OC)cc1. The van der Waals surface area contributed by atoms with E-state index in [2.05, 4.69) is 10.6 Å². The average Bonchev–Trinajstić information content (AvgIpc) is 2.79. The van der Waals surface area contributed by atoms with Crippen LogP contribution in [-0.4, -0.2) is 45.7 Å². The number of methoxy groups -OCH3 is 2. The second-order valence-electron chi connectivity index (χ2n) is 6.26. The minimum absolute atomic E-state index is 0.121. The fourth-order valence-electron chi connectivity index (χ4n) is 2.58. The van der Waals surface area contributed by atoms with Crippen LogP contribution < -0.4 is 24.8 Å². The van der Waals surface area contributed by atoms with Crippen LogP contribution in [0.2, 0.25) is 0 Å². The molecule has 8 heteroatoms. The van der Waals surface area contributed by atoms with Crippen LogP contribution in [0.15, 0.2) is 42.5 Å². The number of nitrogens with zero attached hydrogens (tertiary/aromatic N) is 1. The van der Waals surface area contributed by atoms with Gasteiger partial charge in [0, 0.05) is 31.1 Å². The predicted octanol–water partition coefficient (Wildman–Crippen LogP) is 2.28. The van der Waals surface area contributed by atoms with Crippen LogP contribution in [0.3, 0.4) is 0 Å². The van der Waals surface area contributed by atoms with Crippen molar-refractivity contribution >= 4 is 11.8 Å². The number of carbonyl (C=O) groups is 2. The van der Waals surface area contributed by atoms with Crippen molar-refractivity contribution in [1.29, 1.82) is 5.26 Å². The first kappa shape index (κ1) is 22.6. The van der Waals surface area contributed by atoms with Gasteiger partial charge in [-0.3, -0.25) is 9.59 Å². The predicted molar refractivity (Wildman–Crippen MR) is 111 cm³/mol. The minimum atomic E-state index is -0.211. The van der Waals surface area contributed by atoms with Gasteiger partial charge >= 0.3 is 0 Å². The van der Waals surface area contributed by atoms with Crippen LogP contribution in [0.1, 0.15) is 28.8 Å². The van der Waals surface area contributed by atoms with E-state index in [0.29, 0.717) is 60.9 Å². The van der Waals surface area contributed by atoms with Gasteiger partial charge in [0.15, 0.2) is 11.5 Å². The van der Waals surface area contributed by atoms with Crippen molar-refractivity contribution in [2.45, 2.75) is 12.8 Å². The van der Waals surface area contributed by atoms with Gasteiger partial charge in [0.2, 0.25) is 5.91 Å². The lowest BCUT2D eigenvalue weighted by atomic mass is 10.2. The number of amides is 2. The molecule has 2 aromatic rings. The fraction of sp³-hybridized carbons (Fsp3) is 0.318. The Morgan fingerprint density at radius 3 is 2.37 bits per heavy atom. The highest BCUT2D eigenvalue weighted by atomic mass is 16.5. The maximum absolute atomic E-state index is 12.0. The Balaban J connectivity index is 1.61. The third-order valence-corrected chi connectivity index (χ3v) is 4.18. The molecule has 0 spiro atoms. The van der Waals surface area contributed by atoms with Gasteiger partial charge in [0.05, 0.1) is 32.5 Å². The van der Waals surface area contributed by atoms with E-state index in [1.165, 1.54) is 7.11 Å². The monoisotopic (exact) mass is 411 g/mol. The molecular weight excluding hydrogens is 386 g/mol. The number of ether oxygens (including phenoxy) is 3. The lowest BCUT2D eigenvalue weighted by Crippen LogP contribution is -2.34. The second kappa shape index (κ2) is 12.0. The molecule has 0 aromatic heterocycles. The maximum atomic E-state index is 12.0. The average molecular weight is 411 g/mol. The Kier molecular flexibility index (Phi) is 9.00. The van der Waals surface area contributed by atoms with Crippen LogP contribution in [0.5, 0.6) is 17.2 Å². The van der Waals surface area contributed by atoms with Crippen molar-refractivity contribution in [2.24, 2.45) is 0 Å². The van der Waals surface area contributed by atoms with Crippen molar-refractivity contribution in [1.82, 2.24) is 10.6 Å². The number of hydrogen-bond donors (Lipinski definition) is 2. The van der Waals surface area contributed by atoms with E-state index in [4.69, 9.17) is 19.5 Å². The molecule has 0 aliphatic rings. The first-order valence-corrected chi connectivity index (χ1v) is 9.47. The van der Waals surface area contributed by atoms with E-state index >= 15 is 0 Å². The molecule has 0 saturated carbocycles. The van der Waals surface area contributed by atoms with Crippen LogP contribution in [-0.2, 0) is 4.79 Å². The summed E-state index contributed by atoms with van der Waals surface area (Å²) >= 11 is 0. The van der Waals surface area contributed by atoms with E-state index in [0.717, 1.165) is 0 Å². The van der Waals surface area contributed by atoms with E-state index < -0.39 is 0 Å². The third kappa shape index (κ3) is 7.02. The minimum Gasteiger partial charge on any atom is -0.497 e. The summed E-state index contributed by atoms with van der Waals surface area (Å²) in [6.45, 7) is 1.00. The maximum Gasteiger partial charge on any atom is 0.251 e. The molecule has 0 heterocycles. The van der Waals surface area contributed by atoms with Crippen LogP contribution in [0.25, 0.3) is 0 Å². The van der Waals surface area contributed by atoms with Gasteiger partial charge in [0.1, 0.15) is 5.75 Å². The van der Waals surface area contributed by atoms with Crippen molar-refractivity contribution < 1.29 is 23.8 Å². The zero-order valence-corrected chi connectivity index (χ0v) is 17.1. The van der Waals surface area contributed by atoms with Crippen molar-refractivity contribution in [2.75, 3.05) is 33.9 Å². The molecule has 8 nitrogen and oxygen atoms in total. The molecule has 0 unspecified atom stereocenters. The van der Waals surface area contributed by atoms with Crippen molar-refractivity contribution in [3.05, 3.63) is 53.6 Å². The normalized spacial score (nSPS) is 9.90. The quantitative estimate of drug-likeness (QED) is 0.549. The van der Waals surface area contributed by atoms with Crippen molar-refractivity contribution in [3.8, 4) is 23.3 Å². The third-order valence-electron chi connectivity index (χ3n) is 4.18. The van der Waals surface area contributed by atoms with Gasteiger partial charge in [-0.05, 0) is 42.8 Å². The van der Waals surface area contributed by atoms with Crippen LogP contribution in [0, 0.1) is 11.3 Å². The molecule has 2 aromatic carbocycles. The van der Waals surface area contributed by atoms with Crippen LogP contribution in [0.4, 0.5) is 0 Å². The standard InChI is InChI=1S/C22H25N3O5/c1-28-18-8-6-17(7-9-18)22(27)25-12-11-24-21(26)4-3-13-30-19-10-5-16(15-23)14-20(19)29-2/h5-10,14H,3-4,11-13H2,1-2H3,(H,24,26)(H,25,27). The van der Waals surface area contributed by atoms with Gasteiger partial charge < -0.3 is 24.8 Å². The number of benzene rings is 2. The Hall–Kier alpha value is -3.73. The number of hydrogen-bond acceptors (Lipinski definition) is 6. The molecule has 2 rings (SSSR count). The van der Waals surface area contributed by atoms with E-state index in [-0.39, 0.29) is 11.8 Å². The number of nitrogens with one attached hydrogen (secondary N) is 2. The van der Waals surface area contributed by atoms with Gasteiger partial charge in [0.25, 0.3) is 5.91 Å². The molecule has 158 valence electrons. The molecule has 0 atom stereocenters. The zero-order valence-electron chi connectivity index (χ0n) is 17.1. The van der Waals surface area contributed by atoms with Crippen molar-refractivity contribution in [3.63, 3.8) is 0 Å².